The number of benzene rings is 2. The summed E-state index contributed by atoms with van der Waals surface area (Å²) in [5, 5.41) is 13.1. The Bertz CT molecular complexity index is 953. The Morgan fingerprint density at radius 1 is 1.27 bits per heavy atom. The fourth-order valence-electron chi connectivity index (χ4n) is 4.02. The molecule has 5 nitrogen and oxygen atoms in total. The molecule has 0 bridgehead atoms. The van der Waals surface area contributed by atoms with Crippen LogP contribution in [-0.4, -0.2) is 37.0 Å². The van der Waals surface area contributed by atoms with E-state index in [9.17, 15) is 17.9 Å². The fraction of sp³-hybridized carbons (Fsp3) is 0.333. The molecule has 2 aromatic carbocycles. The summed E-state index contributed by atoms with van der Waals surface area (Å²) in [5.41, 5.74) is 1.68. The maximum atomic E-state index is 13.6. The first-order valence-corrected chi connectivity index (χ1v) is 10.6. The smallest absolute Gasteiger partial charge is 0.243 e. The molecule has 2 heterocycles. The zero-order chi connectivity index (χ0) is 18.5. The van der Waals surface area contributed by atoms with Crippen LogP contribution >= 0.6 is 15.9 Å². The molecule has 8 heteroatoms. The van der Waals surface area contributed by atoms with Gasteiger partial charge in [-0.3, -0.25) is 0 Å². The molecule has 1 saturated heterocycles. The maximum absolute atomic E-state index is 13.6. The van der Waals surface area contributed by atoms with Gasteiger partial charge in [0.1, 0.15) is 5.82 Å². The summed E-state index contributed by atoms with van der Waals surface area (Å²) in [7, 11) is -3.85. The van der Waals surface area contributed by atoms with Crippen molar-refractivity contribution in [3.8, 4) is 0 Å². The van der Waals surface area contributed by atoms with Crippen molar-refractivity contribution in [1.82, 2.24) is 4.31 Å². The van der Waals surface area contributed by atoms with Crippen molar-refractivity contribution in [3.05, 3.63) is 58.3 Å². The topological polar surface area (TPSA) is 69.6 Å². The number of aliphatic hydroxyl groups excluding tert-OH is 1. The number of nitrogens with one attached hydrogen (secondary N) is 1. The third-order valence-electron chi connectivity index (χ3n) is 5.19. The molecule has 1 fully saturated rings. The van der Waals surface area contributed by atoms with Crippen molar-refractivity contribution in [2.45, 2.75) is 23.4 Å². The number of anilines is 1. The molecular weight excluding hydrogens is 423 g/mol. The van der Waals surface area contributed by atoms with E-state index in [1.807, 2.05) is 18.2 Å². The van der Waals surface area contributed by atoms with E-state index >= 15 is 0 Å². The minimum absolute atomic E-state index is 0.0474. The van der Waals surface area contributed by atoms with E-state index in [0.717, 1.165) is 21.8 Å². The summed E-state index contributed by atoms with van der Waals surface area (Å²) in [6, 6.07) is 10.1. The number of nitrogens with zero attached hydrogens (tertiary/aromatic N) is 1. The second kappa shape index (κ2) is 6.60. The Labute approximate surface area is 160 Å². The van der Waals surface area contributed by atoms with Gasteiger partial charge in [0, 0.05) is 22.6 Å². The highest BCUT2D eigenvalue weighted by atomic mass is 79.9. The molecule has 0 aromatic heterocycles. The molecule has 2 aliphatic heterocycles. The minimum Gasteiger partial charge on any atom is -0.394 e. The molecule has 138 valence electrons. The lowest BCUT2D eigenvalue weighted by Gasteiger charge is -2.38. The number of fused-ring (bicyclic) bond motifs is 3. The summed E-state index contributed by atoms with van der Waals surface area (Å²) < 4.78 is 42.3. The summed E-state index contributed by atoms with van der Waals surface area (Å²) in [6.45, 7) is 0.253. The number of hydrogen-bond acceptors (Lipinski definition) is 4. The number of aliphatic hydroxyl groups is 1. The lowest BCUT2D eigenvalue weighted by molar-refractivity contribution is 0.210. The Kier molecular flexibility index (Phi) is 4.54. The van der Waals surface area contributed by atoms with Crippen LogP contribution in [0.3, 0.4) is 0 Å². The molecule has 2 N–H and O–H groups in total. The molecule has 0 amide bonds. The van der Waals surface area contributed by atoms with Crippen LogP contribution in [0.5, 0.6) is 0 Å². The first-order valence-electron chi connectivity index (χ1n) is 8.36. The van der Waals surface area contributed by atoms with Crippen LogP contribution < -0.4 is 5.32 Å². The van der Waals surface area contributed by atoms with E-state index in [4.69, 9.17) is 0 Å². The summed E-state index contributed by atoms with van der Waals surface area (Å²) in [6.07, 6.45) is 0.628. The monoisotopic (exact) mass is 440 g/mol. The van der Waals surface area contributed by atoms with Crippen LogP contribution in [0.25, 0.3) is 0 Å². The van der Waals surface area contributed by atoms with Gasteiger partial charge in [0.15, 0.2) is 0 Å². The van der Waals surface area contributed by atoms with Crippen molar-refractivity contribution in [2.75, 3.05) is 18.5 Å². The lowest BCUT2D eigenvalue weighted by Crippen LogP contribution is -2.42. The van der Waals surface area contributed by atoms with E-state index in [1.54, 1.807) is 0 Å². The van der Waals surface area contributed by atoms with Crippen LogP contribution in [0.15, 0.2) is 51.8 Å². The van der Waals surface area contributed by atoms with Crippen molar-refractivity contribution in [2.24, 2.45) is 5.92 Å². The third kappa shape index (κ3) is 2.85. The molecule has 0 saturated carbocycles. The SMILES string of the molecule is O=S(=O)(c1cccc(F)c1)N1CC[C@H]2[C@H](CO)Nc3ccc(Br)cc3[C@H]21. The Morgan fingerprint density at radius 2 is 2.08 bits per heavy atom. The molecule has 2 aromatic rings. The quantitative estimate of drug-likeness (QED) is 0.768. The second-order valence-corrected chi connectivity index (χ2v) is 9.44. The zero-order valence-electron chi connectivity index (χ0n) is 13.8. The van der Waals surface area contributed by atoms with Crippen molar-refractivity contribution in [1.29, 1.82) is 0 Å². The van der Waals surface area contributed by atoms with Gasteiger partial charge in [-0.15, -0.1) is 0 Å². The summed E-state index contributed by atoms with van der Waals surface area (Å²) in [5.74, 6) is -0.631. The van der Waals surface area contributed by atoms with E-state index in [-0.39, 0.29) is 23.5 Å². The number of hydrogen-bond donors (Lipinski definition) is 2. The third-order valence-corrected chi connectivity index (χ3v) is 7.56. The Balaban J connectivity index is 1.82. The average molecular weight is 441 g/mol. The average Bonchev–Trinajstić information content (AvgIpc) is 3.07. The van der Waals surface area contributed by atoms with Crippen molar-refractivity contribution < 1.29 is 17.9 Å². The van der Waals surface area contributed by atoms with E-state index in [0.29, 0.717) is 13.0 Å². The molecular formula is C18H18BrFN2O3S. The van der Waals surface area contributed by atoms with Gasteiger partial charge >= 0.3 is 0 Å². The number of sulfonamides is 1. The zero-order valence-corrected chi connectivity index (χ0v) is 16.2. The fourth-order valence-corrected chi connectivity index (χ4v) is 6.10. The highest BCUT2D eigenvalue weighted by molar-refractivity contribution is 9.10. The van der Waals surface area contributed by atoms with E-state index in [2.05, 4.69) is 21.2 Å². The minimum atomic E-state index is -3.85. The van der Waals surface area contributed by atoms with Gasteiger partial charge in [0.05, 0.1) is 23.6 Å². The Hall–Kier alpha value is -1.48. The highest BCUT2D eigenvalue weighted by Crippen LogP contribution is 2.48. The molecule has 0 aliphatic carbocycles. The van der Waals surface area contributed by atoms with E-state index in [1.165, 1.54) is 22.5 Å². The number of rotatable bonds is 3. The van der Waals surface area contributed by atoms with Crippen LogP contribution in [0.2, 0.25) is 0 Å². The van der Waals surface area contributed by atoms with Gasteiger partial charge in [-0.05, 0) is 48.4 Å². The van der Waals surface area contributed by atoms with Crippen LogP contribution in [-0.2, 0) is 10.0 Å². The molecule has 0 radical (unpaired) electrons. The number of halogens is 2. The van der Waals surface area contributed by atoms with Gasteiger partial charge in [-0.2, -0.15) is 4.31 Å². The summed E-state index contributed by atoms with van der Waals surface area (Å²) in [4.78, 5) is -0.0474. The highest BCUT2D eigenvalue weighted by Gasteiger charge is 2.48. The molecule has 3 atom stereocenters. The molecule has 4 rings (SSSR count). The van der Waals surface area contributed by atoms with Crippen molar-refractivity contribution in [3.63, 3.8) is 0 Å². The van der Waals surface area contributed by atoms with Gasteiger partial charge in [-0.1, -0.05) is 22.0 Å². The first-order chi connectivity index (χ1) is 12.4. The molecule has 26 heavy (non-hydrogen) atoms. The normalized spacial score (nSPS) is 25.4. The standard InChI is InChI=1S/C18H18BrFN2O3S/c19-11-4-5-16-15(8-11)18-14(17(10-23)21-16)6-7-22(18)26(24,25)13-3-1-2-12(20)9-13/h1-5,8-9,14,17-18,21,23H,6-7,10H2/t14-,17-,18-/m0/s1. The molecule has 0 unspecified atom stereocenters. The Morgan fingerprint density at radius 3 is 2.81 bits per heavy atom. The second-order valence-electron chi connectivity index (χ2n) is 6.64. The maximum Gasteiger partial charge on any atom is 0.243 e. The predicted octanol–water partition coefficient (Wildman–Crippen LogP) is 3.13. The lowest BCUT2D eigenvalue weighted by atomic mass is 9.84. The first kappa shape index (κ1) is 17.9. The van der Waals surface area contributed by atoms with E-state index < -0.39 is 21.9 Å². The van der Waals surface area contributed by atoms with Gasteiger partial charge < -0.3 is 10.4 Å². The van der Waals surface area contributed by atoms with Crippen LogP contribution in [0, 0.1) is 11.7 Å². The van der Waals surface area contributed by atoms with Crippen LogP contribution in [0.1, 0.15) is 18.0 Å². The van der Waals surface area contributed by atoms with Crippen molar-refractivity contribution >= 4 is 31.6 Å². The summed E-state index contributed by atoms with van der Waals surface area (Å²) >= 11 is 3.45. The van der Waals surface area contributed by atoms with Crippen LogP contribution in [0.4, 0.5) is 10.1 Å². The largest absolute Gasteiger partial charge is 0.394 e. The van der Waals surface area contributed by atoms with Gasteiger partial charge in [-0.25, -0.2) is 12.8 Å². The van der Waals surface area contributed by atoms with Gasteiger partial charge in [0.25, 0.3) is 0 Å². The van der Waals surface area contributed by atoms with Gasteiger partial charge in [0.2, 0.25) is 10.0 Å². The molecule has 2 aliphatic rings. The predicted molar refractivity (Wildman–Crippen MR) is 99.8 cm³/mol. The molecule has 0 spiro atoms.